The van der Waals surface area contributed by atoms with E-state index in [1.54, 1.807) is 0 Å². The van der Waals surface area contributed by atoms with Crippen LogP contribution in [0.3, 0.4) is 0 Å². The molecule has 1 atom stereocenters. The van der Waals surface area contributed by atoms with Gasteiger partial charge in [0.05, 0.1) is 5.28 Å². The highest BCUT2D eigenvalue weighted by atomic mass is 31.1. The van der Waals surface area contributed by atoms with Crippen molar-refractivity contribution in [1.29, 1.82) is 0 Å². The maximum absolute atomic E-state index is 3.63. The van der Waals surface area contributed by atoms with Crippen molar-refractivity contribution < 1.29 is 0 Å². The predicted octanol–water partition coefficient (Wildman–Crippen LogP) is 3.10. The molecule has 0 fully saturated rings. The summed E-state index contributed by atoms with van der Waals surface area (Å²) in [5.74, 6) is 0. The standard InChI is InChI=1S/C20H23N2P/c1-21-17-13-15-20(22-2,16-14-17)23(18-9-5-3-6-10-18)19-11-7-4-8-12-19/h3-15,21-22H,16H2,1-2H3. The molecular formula is C20H23N2P. The summed E-state index contributed by atoms with van der Waals surface area (Å²) in [6, 6.07) is 21.7. The summed E-state index contributed by atoms with van der Waals surface area (Å²) < 4.78 is 0. The van der Waals surface area contributed by atoms with Crippen LogP contribution in [0.15, 0.2) is 84.6 Å². The summed E-state index contributed by atoms with van der Waals surface area (Å²) in [4.78, 5) is 0. The lowest BCUT2D eigenvalue weighted by Gasteiger charge is -2.40. The zero-order valence-corrected chi connectivity index (χ0v) is 14.6. The van der Waals surface area contributed by atoms with E-state index >= 15 is 0 Å². The fraction of sp³-hybridized carbons (Fsp3) is 0.200. The monoisotopic (exact) mass is 322 g/mol. The van der Waals surface area contributed by atoms with E-state index in [4.69, 9.17) is 0 Å². The zero-order valence-electron chi connectivity index (χ0n) is 13.7. The Balaban J connectivity index is 2.08. The third-order valence-corrected chi connectivity index (χ3v) is 7.30. The van der Waals surface area contributed by atoms with Gasteiger partial charge in [0.2, 0.25) is 0 Å². The van der Waals surface area contributed by atoms with Crippen LogP contribution in [0.5, 0.6) is 0 Å². The van der Waals surface area contributed by atoms with Crippen molar-refractivity contribution in [3.63, 3.8) is 0 Å². The fourth-order valence-corrected chi connectivity index (χ4v) is 5.92. The molecule has 3 rings (SSSR count). The smallest absolute Gasteiger partial charge is 0.0684 e. The van der Waals surface area contributed by atoms with E-state index in [1.165, 1.54) is 16.3 Å². The molecule has 1 unspecified atom stereocenters. The molecular weight excluding hydrogens is 299 g/mol. The normalized spacial score (nSPS) is 20.4. The highest BCUT2D eigenvalue weighted by molar-refractivity contribution is 7.74. The number of likely N-dealkylation sites (N-methyl/N-ethyl adjacent to an activating group) is 2. The van der Waals surface area contributed by atoms with Crippen molar-refractivity contribution in [2.45, 2.75) is 11.7 Å². The quantitative estimate of drug-likeness (QED) is 0.827. The molecule has 2 N–H and O–H groups in total. The summed E-state index contributed by atoms with van der Waals surface area (Å²) in [6.07, 6.45) is 7.80. The molecule has 2 aromatic carbocycles. The molecule has 0 aliphatic heterocycles. The third kappa shape index (κ3) is 3.24. The van der Waals surface area contributed by atoms with Gasteiger partial charge in [-0.05, 0) is 38.1 Å². The van der Waals surface area contributed by atoms with Crippen LogP contribution in [0.4, 0.5) is 0 Å². The number of rotatable bonds is 5. The minimum absolute atomic E-state index is 0.0572. The first kappa shape index (κ1) is 16.0. The van der Waals surface area contributed by atoms with Crippen molar-refractivity contribution in [1.82, 2.24) is 10.6 Å². The molecule has 0 heterocycles. The molecule has 0 spiro atoms. The van der Waals surface area contributed by atoms with Gasteiger partial charge in [0.25, 0.3) is 0 Å². The molecule has 0 aromatic heterocycles. The summed E-state index contributed by atoms with van der Waals surface area (Å²) in [6.45, 7) is 0. The van der Waals surface area contributed by atoms with Gasteiger partial charge >= 0.3 is 0 Å². The van der Waals surface area contributed by atoms with E-state index < -0.39 is 7.92 Å². The topological polar surface area (TPSA) is 24.1 Å². The van der Waals surface area contributed by atoms with Gasteiger partial charge in [0.15, 0.2) is 0 Å². The Morgan fingerprint density at radius 2 is 1.43 bits per heavy atom. The van der Waals surface area contributed by atoms with Crippen LogP contribution in [0.1, 0.15) is 6.42 Å². The molecule has 0 amide bonds. The number of hydrogen-bond donors (Lipinski definition) is 2. The Morgan fingerprint density at radius 1 is 0.870 bits per heavy atom. The van der Waals surface area contributed by atoms with Crippen LogP contribution in [-0.2, 0) is 0 Å². The summed E-state index contributed by atoms with van der Waals surface area (Å²) >= 11 is 0. The Bertz CT molecular complexity index is 655. The van der Waals surface area contributed by atoms with Crippen LogP contribution in [0.2, 0.25) is 0 Å². The van der Waals surface area contributed by atoms with Gasteiger partial charge in [-0.25, -0.2) is 0 Å². The van der Waals surface area contributed by atoms with Gasteiger partial charge in [-0.2, -0.15) is 0 Å². The highest BCUT2D eigenvalue weighted by Crippen LogP contribution is 2.50. The fourth-order valence-electron chi connectivity index (χ4n) is 3.04. The Morgan fingerprint density at radius 3 is 1.83 bits per heavy atom. The van der Waals surface area contributed by atoms with Gasteiger partial charge in [0.1, 0.15) is 0 Å². The van der Waals surface area contributed by atoms with Crippen LogP contribution >= 0.6 is 7.92 Å². The van der Waals surface area contributed by atoms with Crippen molar-refractivity contribution in [3.8, 4) is 0 Å². The van der Waals surface area contributed by atoms with E-state index in [-0.39, 0.29) is 5.28 Å². The Kier molecular flexibility index (Phi) is 4.95. The van der Waals surface area contributed by atoms with Gasteiger partial charge < -0.3 is 10.6 Å². The van der Waals surface area contributed by atoms with Crippen LogP contribution in [0, 0.1) is 0 Å². The second-order valence-electron chi connectivity index (χ2n) is 5.63. The van der Waals surface area contributed by atoms with Crippen LogP contribution < -0.4 is 21.2 Å². The second-order valence-corrected chi connectivity index (χ2v) is 8.13. The highest BCUT2D eigenvalue weighted by Gasteiger charge is 2.37. The molecule has 0 bridgehead atoms. The lowest BCUT2D eigenvalue weighted by molar-refractivity contribution is 0.602. The number of benzene rings is 2. The first-order valence-corrected chi connectivity index (χ1v) is 9.29. The minimum Gasteiger partial charge on any atom is -0.388 e. The molecule has 2 aromatic rings. The predicted molar refractivity (Wildman–Crippen MR) is 102 cm³/mol. The van der Waals surface area contributed by atoms with Gasteiger partial charge in [-0.3, -0.25) is 0 Å². The molecule has 0 radical (unpaired) electrons. The third-order valence-electron chi connectivity index (χ3n) is 4.32. The molecule has 0 saturated carbocycles. The summed E-state index contributed by atoms with van der Waals surface area (Å²) in [5.41, 5.74) is 1.19. The second kappa shape index (κ2) is 7.12. The van der Waals surface area contributed by atoms with Crippen molar-refractivity contribution in [2.24, 2.45) is 0 Å². The number of nitrogens with one attached hydrogen (secondary N) is 2. The lowest BCUT2D eigenvalue weighted by atomic mass is 10.1. The maximum atomic E-state index is 3.63. The molecule has 0 saturated heterocycles. The molecule has 23 heavy (non-hydrogen) atoms. The molecule has 1 aliphatic rings. The largest absolute Gasteiger partial charge is 0.388 e. The van der Waals surface area contributed by atoms with Gasteiger partial charge in [0, 0.05) is 12.7 Å². The SMILES string of the molecule is CNC1=CCC(NC)(P(c2ccccc2)c2ccccc2)C=C1. The average molecular weight is 322 g/mol. The summed E-state index contributed by atoms with van der Waals surface area (Å²) in [7, 11) is 3.50. The van der Waals surface area contributed by atoms with Gasteiger partial charge in [-0.15, -0.1) is 0 Å². The summed E-state index contributed by atoms with van der Waals surface area (Å²) in [5, 5.41) is 9.60. The number of allylic oxidation sites excluding steroid dienone is 1. The maximum Gasteiger partial charge on any atom is 0.0684 e. The van der Waals surface area contributed by atoms with Crippen molar-refractivity contribution >= 4 is 18.5 Å². The minimum atomic E-state index is -0.548. The first-order chi connectivity index (χ1) is 11.3. The van der Waals surface area contributed by atoms with E-state index in [2.05, 4.69) is 96.6 Å². The number of hydrogen-bond acceptors (Lipinski definition) is 2. The molecule has 1 aliphatic carbocycles. The van der Waals surface area contributed by atoms with Crippen LogP contribution in [0.25, 0.3) is 0 Å². The molecule has 2 nitrogen and oxygen atoms in total. The molecule has 3 heteroatoms. The zero-order chi connectivity index (χ0) is 16.1. The first-order valence-electron chi connectivity index (χ1n) is 7.95. The van der Waals surface area contributed by atoms with E-state index in [9.17, 15) is 0 Å². The Hall–Kier alpha value is -1.89. The van der Waals surface area contributed by atoms with E-state index in [1.807, 2.05) is 7.05 Å². The van der Waals surface area contributed by atoms with Crippen molar-refractivity contribution in [3.05, 3.63) is 84.6 Å². The molecule has 118 valence electrons. The van der Waals surface area contributed by atoms with E-state index in [0.717, 1.165) is 6.42 Å². The van der Waals surface area contributed by atoms with Gasteiger partial charge in [-0.1, -0.05) is 72.8 Å². The van der Waals surface area contributed by atoms with Crippen LogP contribution in [-0.4, -0.2) is 19.4 Å². The Labute approximate surface area is 140 Å². The van der Waals surface area contributed by atoms with Crippen molar-refractivity contribution in [2.75, 3.05) is 14.1 Å². The average Bonchev–Trinajstić information content (AvgIpc) is 2.64. The lowest BCUT2D eigenvalue weighted by Crippen LogP contribution is -2.45. The van der Waals surface area contributed by atoms with E-state index in [0.29, 0.717) is 0 Å².